The third kappa shape index (κ3) is 7.86. The van der Waals surface area contributed by atoms with Crippen LogP contribution in [0.4, 0.5) is 5.69 Å². The van der Waals surface area contributed by atoms with Crippen LogP contribution in [0.15, 0.2) is 54.6 Å². The van der Waals surface area contributed by atoms with Crippen molar-refractivity contribution in [2.45, 2.75) is 25.8 Å². The molecule has 0 bridgehead atoms. The first kappa shape index (κ1) is 24.1. The number of nitrogens with zero attached hydrogens (tertiary/aromatic N) is 1. The summed E-state index contributed by atoms with van der Waals surface area (Å²) in [5.74, 6) is -1.23. The van der Waals surface area contributed by atoms with Gasteiger partial charge in [0.2, 0.25) is 5.91 Å². The van der Waals surface area contributed by atoms with Crippen molar-refractivity contribution in [3.8, 4) is 0 Å². The van der Waals surface area contributed by atoms with Crippen molar-refractivity contribution < 1.29 is 24.0 Å². The largest absolute Gasteiger partial charge is 0.467 e. The number of methoxy groups -OCH3 is 1. The number of benzene rings is 2. The average Bonchev–Trinajstić information content (AvgIpc) is 2.76. The van der Waals surface area contributed by atoms with Crippen LogP contribution in [0.25, 0.3) is 0 Å². The number of amides is 1. The highest BCUT2D eigenvalue weighted by Crippen LogP contribution is 2.18. The van der Waals surface area contributed by atoms with E-state index in [0.29, 0.717) is 12.0 Å². The Labute approximate surface area is 184 Å². The van der Waals surface area contributed by atoms with Gasteiger partial charge in [-0.25, -0.2) is 4.79 Å². The topological polar surface area (TPSA) is 116 Å². The number of hydrogen-bond donors (Lipinski definition) is 1. The molecule has 0 aromatic heterocycles. The smallest absolute Gasteiger partial charge is 0.328 e. The van der Waals surface area contributed by atoms with Gasteiger partial charge in [-0.05, 0) is 17.5 Å². The summed E-state index contributed by atoms with van der Waals surface area (Å²) in [5.41, 5.74) is 1.52. The molecule has 31 heavy (non-hydrogen) atoms. The standard InChI is InChI=1S/C22H24N2O6S/c1-15(25)31-14-18(12-16-6-4-3-5-7-16)21(26)23-20(22(27)30-2)13-17-8-10-19(11-9-17)24(28)29/h3-11,18,20H,12-14H2,1-2H3,(H,23,26)/t18?,20-/m0/s1. The molecule has 164 valence electrons. The van der Waals surface area contributed by atoms with Gasteiger partial charge < -0.3 is 10.1 Å². The van der Waals surface area contributed by atoms with Gasteiger partial charge in [-0.3, -0.25) is 19.7 Å². The zero-order valence-electron chi connectivity index (χ0n) is 17.3. The predicted molar refractivity (Wildman–Crippen MR) is 118 cm³/mol. The van der Waals surface area contributed by atoms with Crippen LogP contribution in [0.3, 0.4) is 0 Å². The SMILES string of the molecule is COC(=O)[C@H](Cc1ccc([N+](=O)[O-])cc1)NC(=O)C(CSC(C)=O)Cc1ccccc1. The number of nitro benzene ring substituents is 1. The van der Waals surface area contributed by atoms with Gasteiger partial charge in [-0.1, -0.05) is 54.2 Å². The van der Waals surface area contributed by atoms with Gasteiger partial charge in [-0.2, -0.15) is 0 Å². The normalized spacial score (nSPS) is 12.5. The number of carbonyl (C=O) groups is 3. The molecule has 0 fully saturated rings. The minimum absolute atomic E-state index is 0.0633. The van der Waals surface area contributed by atoms with E-state index >= 15 is 0 Å². The molecule has 2 rings (SSSR count). The fourth-order valence-electron chi connectivity index (χ4n) is 2.96. The molecule has 2 aromatic rings. The van der Waals surface area contributed by atoms with Gasteiger partial charge in [0.25, 0.3) is 5.69 Å². The second kappa shape index (κ2) is 11.8. The average molecular weight is 445 g/mol. The maximum absolute atomic E-state index is 13.0. The Morgan fingerprint density at radius 3 is 2.19 bits per heavy atom. The summed E-state index contributed by atoms with van der Waals surface area (Å²) in [7, 11) is 1.23. The number of rotatable bonds is 10. The second-order valence-electron chi connectivity index (χ2n) is 6.90. The van der Waals surface area contributed by atoms with Gasteiger partial charge in [0, 0.05) is 31.2 Å². The van der Waals surface area contributed by atoms with Crippen LogP contribution in [-0.2, 0) is 32.0 Å². The monoisotopic (exact) mass is 444 g/mol. The van der Waals surface area contributed by atoms with E-state index in [1.165, 1.54) is 38.3 Å². The molecule has 2 aromatic carbocycles. The maximum Gasteiger partial charge on any atom is 0.328 e. The van der Waals surface area contributed by atoms with E-state index in [-0.39, 0.29) is 28.9 Å². The molecule has 9 heteroatoms. The number of nitrogens with one attached hydrogen (secondary N) is 1. The Kier molecular flexibility index (Phi) is 9.20. The summed E-state index contributed by atoms with van der Waals surface area (Å²) in [6.07, 6.45) is 0.534. The zero-order valence-corrected chi connectivity index (χ0v) is 18.1. The second-order valence-corrected chi connectivity index (χ2v) is 8.10. The molecule has 2 atom stereocenters. The molecule has 0 saturated carbocycles. The molecule has 0 aliphatic carbocycles. The van der Waals surface area contributed by atoms with E-state index in [0.717, 1.165) is 17.3 Å². The zero-order chi connectivity index (χ0) is 22.8. The lowest BCUT2D eigenvalue weighted by Gasteiger charge is -2.21. The number of carbonyl (C=O) groups excluding carboxylic acids is 3. The summed E-state index contributed by atoms with van der Waals surface area (Å²) in [4.78, 5) is 47.0. The lowest BCUT2D eigenvalue weighted by atomic mass is 9.99. The lowest BCUT2D eigenvalue weighted by molar-refractivity contribution is -0.384. The van der Waals surface area contributed by atoms with Gasteiger partial charge in [0.15, 0.2) is 5.12 Å². The van der Waals surface area contributed by atoms with Crippen molar-refractivity contribution in [2.24, 2.45) is 5.92 Å². The number of nitro groups is 1. The Balaban J connectivity index is 2.15. The van der Waals surface area contributed by atoms with Crippen LogP contribution in [-0.4, -0.2) is 40.8 Å². The first-order valence-electron chi connectivity index (χ1n) is 9.59. The highest BCUT2D eigenvalue weighted by molar-refractivity contribution is 8.13. The van der Waals surface area contributed by atoms with Crippen molar-refractivity contribution in [2.75, 3.05) is 12.9 Å². The molecule has 0 aliphatic heterocycles. The molecular weight excluding hydrogens is 420 g/mol. The molecule has 0 heterocycles. The number of thioether (sulfide) groups is 1. The van der Waals surface area contributed by atoms with Crippen molar-refractivity contribution in [1.29, 1.82) is 0 Å². The number of esters is 1. The van der Waals surface area contributed by atoms with Crippen molar-refractivity contribution in [3.63, 3.8) is 0 Å². The van der Waals surface area contributed by atoms with Crippen LogP contribution in [0.2, 0.25) is 0 Å². The van der Waals surface area contributed by atoms with E-state index < -0.39 is 22.9 Å². The highest BCUT2D eigenvalue weighted by Gasteiger charge is 2.27. The Bertz CT molecular complexity index is 917. The molecular formula is C22H24N2O6S. The number of non-ortho nitro benzene ring substituents is 1. The van der Waals surface area contributed by atoms with Gasteiger partial charge in [0.1, 0.15) is 6.04 Å². The van der Waals surface area contributed by atoms with E-state index in [1.54, 1.807) is 0 Å². The minimum Gasteiger partial charge on any atom is -0.467 e. The quantitative estimate of drug-likeness (QED) is 0.340. The van der Waals surface area contributed by atoms with Crippen LogP contribution < -0.4 is 5.32 Å². The van der Waals surface area contributed by atoms with Crippen LogP contribution in [0.1, 0.15) is 18.1 Å². The van der Waals surface area contributed by atoms with E-state index in [9.17, 15) is 24.5 Å². The molecule has 0 radical (unpaired) electrons. The van der Waals surface area contributed by atoms with E-state index in [1.807, 2.05) is 30.3 Å². The first-order chi connectivity index (χ1) is 14.8. The lowest BCUT2D eigenvalue weighted by Crippen LogP contribution is -2.46. The third-order valence-corrected chi connectivity index (χ3v) is 5.55. The maximum atomic E-state index is 13.0. The number of ether oxygens (including phenoxy) is 1. The molecule has 1 unspecified atom stereocenters. The summed E-state index contributed by atoms with van der Waals surface area (Å²) in [6, 6.07) is 14.2. The molecule has 1 amide bonds. The molecule has 0 aliphatic rings. The summed E-state index contributed by atoms with van der Waals surface area (Å²) >= 11 is 1.06. The predicted octanol–water partition coefficient (Wildman–Crippen LogP) is 2.93. The van der Waals surface area contributed by atoms with Crippen LogP contribution in [0, 0.1) is 16.0 Å². The van der Waals surface area contributed by atoms with Gasteiger partial charge in [0.05, 0.1) is 18.0 Å². The van der Waals surface area contributed by atoms with Crippen molar-refractivity contribution >= 4 is 34.4 Å². The van der Waals surface area contributed by atoms with Crippen molar-refractivity contribution in [1.82, 2.24) is 5.32 Å². The Morgan fingerprint density at radius 2 is 1.65 bits per heavy atom. The van der Waals surface area contributed by atoms with E-state index in [2.05, 4.69) is 5.32 Å². The molecule has 0 spiro atoms. The summed E-state index contributed by atoms with van der Waals surface area (Å²) in [6.45, 7) is 1.44. The third-order valence-electron chi connectivity index (χ3n) is 4.57. The van der Waals surface area contributed by atoms with Gasteiger partial charge in [-0.15, -0.1) is 0 Å². The molecule has 1 N–H and O–H groups in total. The highest BCUT2D eigenvalue weighted by atomic mass is 32.2. The fourth-order valence-corrected chi connectivity index (χ4v) is 3.66. The summed E-state index contributed by atoms with van der Waals surface area (Å²) in [5, 5.41) is 13.4. The first-order valence-corrected chi connectivity index (χ1v) is 10.6. The van der Waals surface area contributed by atoms with E-state index in [4.69, 9.17) is 4.74 Å². The molecule has 8 nitrogen and oxygen atoms in total. The van der Waals surface area contributed by atoms with Gasteiger partial charge >= 0.3 is 5.97 Å². The Hall–Kier alpha value is -3.20. The number of hydrogen-bond acceptors (Lipinski definition) is 7. The van der Waals surface area contributed by atoms with Crippen LogP contribution >= 0.6 is 11.8 Å². The van der Waals surface area contributed by atoms with Crippen LogP contribution in [0.5, 0.6) is 0 Å². The molecule has 0 saturated heterocycles. The Morgan fingerprint density at radius 1 is 1.03 bits per heavy atom. The minimum atomic E-state index is -0.959. The summed E-state index contributed by atoms with van der Waals surface area (Å²) < 4.78 is 4.82. The van der Waals surface area contributed by atoms with Crippen molar-refractivity contribution in [3.05, 3.63) is 75.8 Å². The fraction of sp³-hybridized carbons (Fsp3) is 0.318.